The lowest BCUT2D eigenvalue weighted by molar-refractivity contribution is -0.200. The largest absolute Gasteiger partial charge is 0.378 e. The number of hydrogen-bond donors (Lipinski definition) is 0. The molecule has 128 valence electrons. The molecule has 1 saturated carbocycles. The zero-order valence-electron chi connectivity index (χ0n) is 14.1. The first-order valence-corrected chi connectivity index (χ1v) is 9.98. The number of rotatable bonds is 5. The van der Waals surface area contributed by atoms with Gasteiger partial charge in [-0.3, -0.25) is 4.90 Å². The van der Waals surface area contributed by atoms with Crippen LogP contribution in [0.2, 0.25) is 0 Å². The third-order valence-corrected chi connectivity index (χ3v) is 6.49. The minimum absolute atomic E-state index is 0.0604. The highest BCUT2D eigenvalue weighted by Gasteiger charge is 2.47. The van der Waals surface area contributed by atoms with E-state index in [9.17, 15) is 0 Å². The number of nitrogens with zero attached hydrogens (tertiary/aromatic N) is 2. The topological polar surface area (TPSA) is 34.6 Å². The predicted molar refractivity (Wildman–Crippen MR) is 91.7 cm³/mol. The lowest BCUT2D eigenvalue weighted by Crippen LogP contribution is -2.65. The van der Waals surface area contributed by atoms with Crippen LogP contribution in [0, 0.1) is 12.8 Å². The Labute approximate surface area is 143 Å². The van der Waals surface area contributed by atoms with Crippen molar-refractivity contribution in [2.45, 2.75) is 63.7 Å². The van der Waals surface area contributed by atoms with E-state index in [1.54, 1.807) is 11.3 Å². The molecule has 2 saturated heterocycles. The molecule has 0 unspecified atom stereocenters. The Balaban J connectivity index is 1.23. The van der Waals surface area contributed by atoms with Crippen molar-refractivity contribution in [2.24, 2.45) is 5.92 Å². The van der Waals surface area contributed by atoms with Crippen LogP contribution >= 0.6 is 11.3 Å². The normalized spacial score (nSPS) is 28.3. The fourth-order valence-corrected chi connectivity index (χ4v) is 5.15. The summed E-state index contributed by atoms with van der Waals surface area (Å²) in [5.41, 5.74) is 1.19. The van der Waals surface area contributed by atoms with Crippen molar-refractivity contribution < 1.29 is 9.47 Å². The van der Waals surface area contributed by atoms with Gasteiger partial charge in [0.05, 0.1) is 18.2 Å². The maximum Gasteiger partial charge on any atom is 0.107 e. The second kappa shape index (κ2) is 6.79. The van der Waals surface area contributed by atoms with Crippen LogP contribution in [0.15, 0.2) is 5.38 Å². The van der Waals surface area contributed by atoms with E-state index in [0.29, 0.717) is 6.10 Å². The highest BCUT2D eigenvalue weighted by Crippen LogP contribution is 2.37. The molecule has 1 aromatic rings. The van der Waals surface area contributed by atoms with Gasteiger partial charge in [0.25, 0.3) is 0 Å². The Hall–Kier alpha value is -0.490. The molecule has 0 amide bonds. The summed E-state index contributed by atoms with van der Waals surface area (Å²) in [6.45, 7) is 6.94. The minimum atomic E-state index is 0.0604. The van der Waals surface area contributed by atoms with Crippen LogP contribution in [0.5, 0.6) is 0 Å². The van der Waals surface area contributed by atoms with Gasteiger partial charge in [-0.1, -0.05) is 12.8 Å². The molecule has 1 atom stereocenters. The fourth-order valence-electron chi connectivity index (χ4n) is 4.34. The van der Waals surface area contributed by atoms with Crippen molar-refractivity contribution in [3.63, 3.8) is 0 Å². The van der Waals surface area contributed by atoms with E-state index in [1.165, 1.54) is 30.7 Å². The van der Waals surface area contributed by atoms with Gasteiger partial charge in [0.15, 0.2) is 0 Å². The van der Waals surface area contributed by atoms with Crippen LogP contribution < -0.4 is 0 Å². The molecule has 2 aliphatic heterocycles. The van der Waals surface area contributed by atoms with Gasteiger partial charge in [-0.05, 0) is 32.1 Å². The first kappa shape index (κ1) is 16.0. The molecule has 3 aliphatic rings. The summed E-state index contributed by atoms with van der Waals surface area (Å²) in [6.07, 6.45) is 8.10. The van der Waals surface area contributed by atoms with Gasteiger partial charge < -0.3 is 9.47 Å². The van der Waals surface area contributed by atoms with E-state index >= 15 is 0 Å². The lowest BCUT2D eigenvalue weighted by Gasteiger charge is -2.53. The standard InChI is InChI=1S/C18H28N2O2S/c1-14-11-23-17(19-14)9-20-12-18(13-20)8-16(6-7-22-18)21-10-15-4-2-3-5-15/h11,15-16H,2-10,12-13H2,1H3/t16-/m1/s1. The van der Waals surface area contributed by atoms with E-state index in [0.717, 1.165) is 57.3 Å². The smallest absolute Gasteiger partial charge is 0.107 e. The second-order valence-electron chi connectivity index (χ2n) is 7.66. The van der Waals surface area contributed by atoms with Gasteiger partial charge >= 0.3 is 0 Å². The Morgan fingerprint density at radius 1 is 1.35 bits per heavy atom. The molecular formula is C18H28N2O2S. The van der Waals surface area contributed by atoms with E-state index < -0.39 is 0 Å². The Morgan fingerprint density at radius 2 is 2.17 bits per heavy atom. The summed E-state index contributed by atoms with van der Waals surface area (Å²) in [6, 6.07) is 0. The van der Waals surface area contributed by atoms with Crippen molar-refractivity contribution >= 4 is 11.3 Å². The van der Waals surface area contributed by atoms with E-state index in [4.69, 9.17) is 9.47 Å². The Kier molecular flexibility index (Phi) is 4.72. The van der Waals surface area contributed by atoms with Gasteiger partial charge in [0, 0.05) is 43.8 Å². The number of likely N-dealkylation sites (tertiary alicyclic amines) is 1. The molecule has 5 heteroatoms. The highest BCUT2D eigenvalue weighted by atomic mass is 32.1. The third kappa shape index (κ3) is 3.78. The SMILES string of the molecule is Cc1csc(CN2CC3(C[C@H](OCC4CCCC4)CCO3)C2)n1. The zero-order valence-corrected chi connectivity index (χ0v) is 14.9. The Bertz CT molecular complexity index is 521. The maximum atomic E-state index is 6.25. The molecule has 0 aromatic carbocycles. The molecule has 1 aromatic heterocycles. The van der Waals surface area contributed by atoms with Gasteiger partial charge in [-0.2, -0.15) is 0 Å². The van der Waals surface area contributed by atoms with Crippen LogP contribution in [0.4, 0.5) is 0 Å². The van der Waals surface area contributed by atoms with E-state index in [-0.39, 0.29) is 5.60 Å². The molecule has 3 heterocycles. The molecule has 1 spiro atoms. The number of aryl methyl sites for hydroxylation is 1. The number of thiazole rings is 1. The third-order valence-electron chi connectivity index (χ3n) is 5.54. The average Bonchev–Trinajstić information content (AvgIpc) is 3.16. The van der Waals surface area contributed by atoms with Crippen molar-refractivity contribution in [3.8, 4) is 0 Å². The second-order valence-corrected chi connectivity index (χ2v) is 8.60. The van der Waals surface area contributed by atoms with Crippen molar-refractivity contribution in [1.82, 2.24) is 9.88 Å². The van der Waals surface area contributed by atoms with Crippen LogP contribution in [-0.2, 0) is 16.0 Å². The molecule has 0 bridgehead atoms. The lowest BCUT2D eigenvalue weighted by atomic mass is 9.84. The number of aromatic nitrogens is 1. The monoisotopic (exact) mass is 336 g/mol. The molecule has 0 radical (unpaired) electrons. The van der Waals surface area contributed by atoms with Crippen molar-refractivity contribution in [2.75, 3.05) is 26.3 Å². The quantitative estimate of drug-likeness (QED) is 0.825. The van der Waals surface area contributed by atoms with Gasteiger partial charge in [0.2, 0.25) is 0 Å². The molecular weight excluding hydrogens is 308 g/mol. The number of hydrogen-bond acceptors (Lipinski definition) is 5. The van der Waals surface area contributed by atoms with Gasteiger partial charge in [0.1, 0.15) is 5.01 Å². The molecule has 4 nitrogen and oxygen atoms in total. The van der Waals surface area contributed by atoms with Gasteiger partial charge in [-0.15, -0.1) is 11.3 Å². The summed E-state index contributed by atoms with van der Waals surface area (Å²) in [5.74, 6) is 0.819. The molecule has 23 heavy (non-hydrogen) atoms. The summed E-state index contributed by atoms with van der Waals surface area (Å²) in [4.78, 5) is 7.02. The van der Waals surface area contributed by atoms with Gasteiger partial charge in [-0.25, -0.2) is 4.98 Å². The zero-order chi connectivity index (χ0) is 15.7. The van der Waals surface area contributed by atoms with Crippen LogP contribution in [-0.4, -0.2) is 47.9 Å². The summed E-state index contributed by atoms with van der Waals surface area (Å²) in [5, 5.41) is 3.36. The molecule has 3 fully saturated rings. The Morgan fingerprint density at radius 3 is 2.91 bits per heavy atom. The predicted octanol–water partition coefficient (Wildman–Crippen LogP) is 3.39. The van der Waals surface area contributed by atoms with E-state index in [2.05, 4.69) is 22.2 Å². The highest BCUT2D eigenvalue weighted by molar-refractivity contribution is 7.09. The molecule has 1 aliphatic carbocycles. The summed E-state index contributed by atoms with van der Waals surface area (Å²) < 4.78 is 12.4. The van der Waals surface area contributed by atoms with Crippen LogP contribution in [0.25, 0.3) is 0 Å². The van der Waals surface area contributed by atoms with E-state index in [1.807, 2.05) is 0 Å². The maximum absolute atomic E-state index is 6.25. The van der Waals surface area contributed by atoms with Crippen molar-refractivity contribution in [1.29, 1.82) is 0 Å². The molecule has 4 rings (SSSR count). The van der Waals surface area contributed by atoms with Crippen LogP contribution in [0.1, 0.15) is 49.2 Å². The first-order chi connectivity index (χ1) is 11.2. The summed E-state index contributed by atoms with van der Waals surface area (Å²) in [7, 11) is 0. The van der Waals surface area contributed by atoms with Crippen molar-refractivity contribution in [3.05, 3.63) is 16.1 Å². The summed E-state index contributed by atoms with van der Waals surface area (Å²) >= 11 is 1.77. The first-order valence-electron chi connectivity index (χ1n) is 9.10. The number of ether oxygens (including phenoxy) is 2. The average molecular weight is 337 g/mol. The van der Waals surface area contributed by atoms with Crippen LogP contribution in [0.3, 0.4) is 0 Å². The fraction of sp³-hybridized carbons (Fsp3) is 0.833. The minimum Gasteiger partial charge on any atom is -0.378 e. The molecule has 0 N–H and O–H groups in total.